The van der Waals surface area contributed by atoms with Crippen molar-refractivity contribution in [2.45, 2.75) is 25.1 Å². The summed E-state index contributed by atoms with van der Waals surface area (Å²) in [6.07, 6.45) is -0.581. The highest BCUT2D eigenvalue weighted by molar-refractivity contribution is 6.48. The van der Waals surface area contributed by atoms with E-state index in [1.54, 1.807) is 6.92 Å². The third-order valence-electron chi connectivity index (χ3n) is 4.17. The quantitative estimate of drug-likeness (QED) is 0.337. The van der Waals surface area contributed by atoms with Crippen LogP contribution in [0.4, 0.5) is 9.18 Å². The molecular weight excluding hydrogens is 366 g/mol. The first-order chi connectivity index (χ1) is 12.9. The van der Waals surface area contributed by atoms with Gasteiger partial charge in [0, 0.05) is 5.82 Å². The summed E-state index contributed by atoms with van der Waals surface area (Å²) < 4.78 is 37.5. The average molecular weight is 382 g/mol. The molecule has 0 amide bonds. The number of carbonyl (C=O) groups is 3. The van der Waals surface area contributed by atoms with E-state index in [0.717, 1.165) is 6.07 Å². The lowest BCUT2D eigenvalue weighted by Crippen LogP contribution is -2.28. The first-order valence-electron chi connectivity index (χ1n) is 8.21. The minimum atomic E-state index is -1.26. The highest BCUT2D eigenvalue weighted by Gasteiger charge is 2.54. The molecule has 0 spiro atoms. The van der Waals surface area contributed by atoms with E-state index in [-0.39, 0.29) is 24.1 Å². The normalized spacial score (nSPS) is 19.1. The fraction of sp³-hybridized carbons (Fsp3) is 0.438. The van der Waals surface area contributed by atoms with E-state index in [9.17, 15) is 23.8 Å². The van der Waals surface area contributed by atoms with E-state index in [1.807, 2.05) is 0 Å². The highest BCUT2D eigenvalue weighted by atomic mass is 19.1. The number of rotatable bonds is 6. The van der Waals surface area contributed by atoms with Crippen LogP contribution in [0.5, 0.6) is 5.75 Å². The van der Waals surface area contributed by atoms with Crippen LogP contribution in [0.1, 0.15) is 35.2 Å². The van der Waals surface area contributed by atoms with Crippen molar-refractivity contribution in [3.8, 4) is 5.75 Å². The number of benzene rings is 1. The summed E-state index contributed by atoms with van der Waals surface area (Å²) >= 11 is 0. The molecule has 1 saturated carbocycles. The Kier molecular flexibility index (Phi) is 5.50. The molecule has 144 valence electrons. The Morgan fingerprint density at radius 2 is 2.04 bits per heavy atom. The minimum absolute atomic E-state index is 0.00463. The van der Waals surface area contributed by atoms with E-state index in [0.29, 0.717) is 12.0 Å². The van der Waals surface area contributed by atoms with Crippen LogP contribution in [-0.4, -0.2) is 50.2 Å². The topological polar surface area (TPSA) is 118 Å². The third kappa shape index (κ3) is 4.13. The van der Waals surface area contributed by atoms with E-state index in [4.69, 9.17) is 9.39 Å². The van der Waals surface area contributed by atoms with Gasteiger partial charge in [0.15, 0.2) is 6.61 Å². The Morgan fingerprint density at radius 3 is 2.78 bits per heavy atom. The van der Waals surface area contributed by atoms with Gasteiger partial charge in [0.25, 0.3) is 0 Å². The smallest absolute Gasteiger partial charge is 0.526 e. The van der Waals surface area contributed by atoms with Gasteiger partial charge in [-0.3, -0.25) is 0 Å². The Labute approximate surface area is 153 Å². The molecule has 0 radical (unpaired) electrons. The second-order valence-corrected chi connectivity index (χ2v) is 5.89. The number of ether oxygens (including phenoxy) is 4. The Bertz CT molecular complexity index is 769. The molecule has 2 aliphatic rings. The summed E-state index contributed by atoms with van der Waals surface area (Å²) in [6.45, 7) is 0.192. The van der Waals surface area contributed by atoms with Crippen molar-refractivity contribution in [3.63, 3.8) is 0 Å². The summed E-state index contributed by atoms with van der Waals surface area (Å²) in [7, 11) is -1.12. The van der Waals surface area contributed by atoms with Crippen molar-refractivity contribution in [2.24, 2.45) is 0 Å². The number of esters is 2. The van der Waals surface area contributed by atoms with Gasteiger partial charge in [0.2, 0.25) is 6.79 Å². The van der Waals surface area contributed by atoms with Gasteiger partial charge in [0.1, 0.15) is 17.1 Å². The number of hydrogen-bond acceptors (Lipinski definition) is 9. The summed E-state index contributed by atoms with van der Waals surface area (Å²) in [6, 6.07) is 2.61. The fourth-order valence-corrected chi connectivity index (χ4v) is 2.84. The van der Waals surface area contributed by atoms with Crippen molar-refractivity contribution < 1.29 is 47.4 Å². The van der Waals surface area contributed by atoms with Crippen LogP contribution in [0, 0.1) is 5.82 Å². The van der Waals surface area contributed by atoms with Crippen LogP contribution in [0.15, 0.2) is 12.1 Å². The molecule has 1 aliphatic heterocycles. The number of carbonyl (C=O) groups excluding carboxylic acids is 3. The molecule has 0 bridgehead atoms. The molecule has 2 unspecified atom stereocenters. The van der Waals surface area contributed by atoms with Gasteiger partial charge in [-0.05, 0) is 30.9 Å². The van der Waals surface area contributed by atoms with Crippen molar-refractivity contribution in [1.29, 1.82) is 0 Å². The predicted octanol–water partition coefficient (Wildman–Crippen LogP) is 1.39. The zero-order valence-corrected chi connectivity index (χ0v) is 14.3. The molecular formula is C16H16BFO9. The van der Waals surface area contributed by atoms with Crippen LogP contribution >= 0.6 is 0 Å². The molecule has 1 fully saturated rings. The summed E-state index contributed by atoms with van der Waals surface area (Å²) in [5.74, 6) is -2.92. The van der Waals surface area contributed by atoms with Gasteiger partial charge in [-0.25, -0.2) is 18.8 Å². The van der Waals surface area contributed by atoms with Crippen molar-refractivity contribution in [1.82, 2.24) is 0 Å². The van der Waals surface area contributed by atoms with Crippen LogP contribution in [0.25, 0.3) is 0 Å². The zero-order chi connectivity index (χ0) is 19.6. The van der Waals surface area contributed by atoms with Gasteiger partial charge < -0.3 is 28.6 Å². The molecule has 27 heavy (non-hydrogen) atoms. The lowest BCUT2D eigenvalue weighted by atomic mass is 9.77. The zero-order valence-electron chi connectivity index (χ0n) is 14.3. The number of hydrogen-bond donors (Lipinski definition) is 1. The Morgan fingerprint density at radius 1 is 1.26 bits per heavy atom. The predicted molar refractivity (Wildman–Crippen MR) is 85.5 cm³/mol. The molecule has 1 aliphatic carbocycles. The van der Waals surface area contributed by atoms with Gasteiger partial charge in [-0.1, -0.05) is 6.07 Å². The first-order valence-corrected chi connectivity index (χ1v) is 8.21. The summed E-state index contributed by atoms with van der Waals surface area (Å²) in [4.78, 5) is 34.5. The highest BCUT2D eigenvalue weighted by Crippen LogP contribution is 2.60. The maximum atomic E-state index is 14.1. The standard InChI is InChI=1S/C16H16BFO9/c1-2-23-12(19)6-24-16(21)26-7-25-15(20)13-11(18)4-3-8-9-5-10(9)17(22)27-14(8)13/h3-4,9-10,22H,2,5-7H2,1H3. The molecule has 1 aromatic carbocycles. The van der Waals surface area contributed by atoms with Gasteiger partial charge in [-0.2, -0.15) is 0 Å². The first kappa shape index (κ1) is 19.0. The largest absolute Gasteiger partial charge is 0.535 e. The maximum absolute atomic E-state index is 14.1. The molecule has 1 N–H and O–H groups in total. The monoisotopic (exact) mass is 382 g/mol. The van der Waals surface area contributed by atoms with Crippen LogP contribution < -0.4 is 4.65 Å². The summed E-state index contributed by atoms with van der Waals surface area (Å²) in [5, 5.41) is 9.83. The van der Waals surface area contributed by atoms with Crippen molar-refractivity contribution in [2.75, 3.05) is 20.0 Å². The second kappa shape index (κ2) is 7.83. The Hall–Kier alpha value is -2.82. The third-order valence-corrected chi connectivity index (χ3v) is 4.17. The maximum Gasteiger partial charge on any atom is 0.526 e. The van der Waals surface area contributed by atoms with Gasteiger partial charge in [-0.15, -0.1) is 0 Å². The molecule has 11 heteroatoms. The Balaban J connectivity index is 1.55. The van der Waals surface area contributed by atoms with Gasteiger partial charge >= 0.3 is 25.2 Å². The van der Waals surface area contributed by atoms with Crippen LogP contribution in [0.2, 0.25) is 5.82 Å². The van der Waals surface area contributed by atoms with Crippen LogP contribution in [-0.2, 0) is 23.7 Å². The average Bonchev–Trinajstić information content (AvgIpc) is 3.41. The lowest BCUT2D eigenvalue weighted by Gasteiger charge is -2.21. The minimum Gasteiger partial charge on any atom is -0.535 e. The van der Waals surface area contributed by atoms with Crippen molar-refractivity contribution >= 4 is 25.2 Å². The molecule has 0 saturated heterocycles. The van der Waals surface area contributed by atoms with Gasteiger partial charge in [0.05, 0.1) is 6.61 Å². The number of halogens is 1. The molecule has 2 atom stereocenters. The van der Waals surface area contributed by atoms with Crippen LogP contribution in [0.3, 0.4) is 0 Å². The van der Waals surface area contributed by atoms with E-state index in [2.05, 4.69) is 14.2 Å². The molecule has 1 heterocycles. The number of fused-ring (bicyclic) bond motifs is 3. The van der Waals surface area contributed by atoms with Crippen molar-refractivity contribution in [3.05, 3.63) is 29.1 Å². The van der Waals surface area contributed by atoms with E-state index in [1.165, 1.54) is 6.07 Å². The summed E-state index contributed by atoms with van der Waals surface area (Å²) in [5.41, 5.74) is 0.133. The van der Waals surface area contributed by atoms with E-state index >= 15 is 0 Å². The molecule has 9 nitrogen and oxygen atoms in total. The molecule has 0 aromatic heterocycles. The second-order valence-electron chi connectivity index (χ2n) is 5.89. The SMILES string of the molecule is CCOC(=O)COC(=O)OCOC(=O)c1c(F)ccc2c1OB(O)C1CC21. The van der Waals surface area contributed by atoms with E-state index < -0.39 is 50.0 Å². The molecule has 3 rings (SSSR count). The fourth-order valence-electron chi connectivity index (χ4n) is 2.84. The molecule has 1 aromatic rings. The lowest BCUT2D eigenvalue weighted by molar-refractivity contribution is -0.147.